The second-order valence-electron chi connectivity index (χ2n) is 5.58. The average molecular weight is 346 g/mol. The largest absolute Gasteiger partial charge is 0.464 e. The van der Waals surface area contributed by atoms with E-state index in [4.69, 9.17) is 9.68 Å². The summed E-state index contributed by atoms with van der Waals surface area (Å²) in [6.45, 7) is 3.52. The number of nitrogens with one attached hydrogen (secondary N) is 1. The summed E-state index contributed by atoms with van der Waals surface area (Å²) in [4.78, 5) is 12.0. The van der Waals surface area contributed by atoms with Crippen molar-refractivity contribution in [1.82, 2.24) is 5.32 Å². The van der Waals surface area contributed by atoms with E-state index < -0.39 is 27.5 Å². The second-order valence-corrected chi connectivity index (χ2v) is 7.64. The molecule has 7 heteroatoms. The van der Waals surface area contributed by atoms with Gasteiger partial charge in [0.25, 0.3) is 0 Å². The van der Waals surface area contributed by atoms with Crippen LogP contribution in [0.1, 0.15) is 35.6 Å². The number of aryl methyl sites for hydroxylation is 1. The van der Waals surface area contributed by atoms with Crippen LogP contribution in [0, 0.1) is 18.3 Å². The molecule has 0 saturated carbocycles. The topological polar surface area (TPSA) is 100 Å². The van der Waals surface area contributed by atoms with Gasteiger partial charge in [0.15, 0.2) is 9.84 Å². The molecule has 0 spiro atoms. The van der Waals surface area contributed by atoms with Crippen LogP contribution < -0.4 is 5.32 Å². The van der Waals surface area contributed by atoms with Gasteiger partial charge in [0.05, 0.1) is 23.4 Å². The molecule has 0 radical (unpaired) electrons. The number of nitrogens with zero attached hydrogens (tertiary/aromatic N) is 1. The number of benzene rings is 1. The first kappa shape index (κ1) is 17.8. The lowest BCUT2D eigenvalue weighted by Crippen LogP contribution is -2.32. The molecule has 0 bridgehead atoms. The van der Waals surface area contributed by atoms with E-state index in [1.165, 1.54) is 0 Å². The number of hydrogen-bond donors (Lipinski definition) is 1. The normalized spacial score (nSPS) is 12.4. The molecule has 1 atom stereocenters. The quantitative estimate of drug-likeness (QED) is 0.864. The fourth-order valence-corrected chi connectivity index (χ4v) is 3.51. The molecule has 0 aliphatic carbocycles. The van der Waals surface area contributed by atoms with Crippen molar-refractivity contribution in [3.05, 3.63) is 59.0 Å². The van der Waals surface area contributed by atoms with Gasteiger partial charge in [0, 0.05) is 0 Å². The first-order valence-electron chi connectivity index (χ1n) is 7.34. The zero-order chi connectivity index (χ0) is 17.7. The predicted molar refractivity (Wildman–Crippen MR) is 88.7 cm³/mol. The Bertz CT molecular complexity index is 861. The molecule has 2 rings (SSSR count). The van der Waals surface area contributed by atoms with Crippen LogP contribution >= 0.6 is 0 Å². The van der Waals surface area contributed by atoms with Gasteiger partial charge in [-0.1, -0.05) is 12.1 Å². The number of amides is 1. The summed E-state index contributed by atoms with van der Waals surface area (Å²) in [7, 11) is -3.60. The van der Waals surface area contributed by atoms with Gasteiger partial charge in [-0.25, -0.2) is 8.42 Å². The van der Waals surface area contributed by atoms with Crippen molar-refractivity contribution in [3.8, 4) is 6.07 Å². The highest BCUT2D eigenvalue weighted by Gasteiger charge is 2.20. The fourth-order valence-electron chi connectivity index (χ4n) is 2.22. The highest BCUT2D eigenvalue weighted by Crippen LogP contribution is 2.15. The van der Waals surface area contributed by atoms with Gasteiger partial charge in [-0.05, 0) is 43.7 Å². The number of carbonyl (C=O) groups is 1. The lowest BCUT2D eigenvalue weighted by Gasteiger charge is -2.12. The SMILES string of the molecule is Cc1ccc([C@@H](C)NC(=O)CS(=O)(=O)Cc2ccc(C#N)cc2)o1. The van der Waals surface area contributed by atoms with Crippen molar-refractivity contribution in [1.29, 1.82) is 5.26 Å². The maximum Gasteiger partial charge on any atom is 0.235 e. The first-order chi connectivity index (χ1) is 11.3. The van der Waals surface area contributed by atoms with Crippen molar-refractivity contribution in [2.24, 2.45) is 0 Å². The lowest BCUT2D eigenvalue weighted by molar-refractivity contribution is -0.119. The number of sulfone groups is 1. The lowest BCUT2D eigenvalue weighted by atomic mass is 10.2. The van der Waals surface area contributed by atoms with E-state index in [2.05, 4.69) is 5.32 Å². The molecule has 0 unspecified atom stereocenters. The molecule has 0 saturated heterocycles. The van der Waals surface area contributed by atoms with E-state index in [0.29, 0.717) is 16.9 Å². The van der Waals surface area contributed by atoms with Crippen LogP contribution in [0.2, 0.25) is 0 Å². The maximum atomic E-state index is 12.1. The molecule has 1 aromatic carbocycles. The van der Waals surface area contributed by atoms with Crippen molar-refractivity contribution in [2.75, 3.05) is 5.75 Å². The van der Waals surface area contributed by atoms with Gasteiger partial charge >= 0.3 is 0 Å². The Kier molecular flexibility index (Phi) is 5.42. The summed E-state index contributed by atoms with van der Waals surface area (Å²) in [6.07, 6.45) is 0. The third kappa shape index (κ3) is 4.96. The van der Waals surface area contributed by atoms with Crippen molar-refractivity contribution < 1.29 is 17.6 Å². The summed E-state index contributed by atoms with van der Waals surface area (Å²) < 4.78 is 29.7. The molecule has 0 aliphatic heterocycles. The van der Waals surface area contributed by atoms with E-state index in [-0.39, 0.29) is 5.75 Å². The Morgan fingerprint density at radius 1 is 1.25 bits per heavy atom. The Labute approximate surface area is 141 Å². The average Bonchev–Trinajstić information content (AvgIpc) is 2.93. The summed E-state index contributed by atoms with van der Waals surface area (Å²) in [5.41, 5.74) is 0.993. The number of rotatable bonds is 6. The predicted octanol–water partition coefficient (Wildman–Crippen LogP) is 2.25. The van der Waals surface area contributed by atoms with E-state index in [1.807, 2.05) is 6.07 Å². The van der Waals surface area contributed by atoms with Gasteiger partial charge < -0.3 is 9.73 Å². The standard InChI is InChI=1S/C17H18N2O4S/c1-12-3-8-16(23-12)13(2)19-17(20)11-24(21,22)10-15-6-4-14(9-18)5-7-15/h3-8,13H,10-11H2,1-2H3,(H,19,20)/t13-/m1/s1. The molecule has 0 fully saturated rings. The van der Waals surface area contributed by atoms with Crippen molar-refractivity contribution in [3.63, 3.8) is 0 Å². The maximum absolute atomic E-state index is 12.1. The summed E-state index contributed by atoms with van der Waals surface area (Å²) in [5.74, 6) is -0.132. The number of hydrogen-bond acceptors (Lipinski definition) is 5. The summed E-state index contributed by atoms with van der Waals surface area (Å²) in [5, 5.41) is 11.3. The minimum Gasteiger partial charge on any atom is -0.464 e. The Morgan fingerprint density at radius 2 is 1.92 bits per heavy atom. The first-order valence-corrected chi connectivity index (χ1v) is 9.16. The van der Waals surface area contributed by atoms with E-state index in [9.17, 15) is 13.2 Å². The number of furan rings is 1. The van der Waals surface area contributed by atoms with Crippen LogP contribution in [-0.4, -0.2) is 20.1 Å². The smallest absolute Gasteiger partial charge is 0.235 e. The second kappa shape index (κ2) is 7.32. The van der Waals surface area contributed by atoms with E-state index in [1.54, 1.807) is 50.2 Å². The molecular weight excluding hydrogens is 328 g/mol. The highest BCUT2D eigenvalue weighted by atomic mass is 32.2. The van der Waals surface area contributed by atoms with Crippen LogP contribution in [0.15, 0.2) is 40.8 Å². The van der Waals surface area contributed by atoms with Gasteiger partial charge in [-0.15, -0.1) is 0 Å². The van der Waals surface area contributed by atoms with Crippen LogP contribution in [0.3, 0.4) is 0 Å². The van der Waals surface area contributed by atoms with Gasteiger partial charge in [0.2, 0.25) is 5.91 Å². The molecule has 1 amide bonds. The highest BCUT2D eigenvalue weighted by molar-refractivity contribution is 7.91. The summed E-state index contributed by atoms with van der Waals surface area (Å²) >= 11 is 0. The zero-order valence-corrected chi connectivity index (χ0v) is 14.3. The van der Waals surface area contributed by atoms with E-state index >= 15 is 0 Å². The van der Waals surface area contributed by atoms with Gasteiger partial charge in [-0.3, -0.25) is 4.79 Å². The summed E-state index contributed by atoms with van der Waals surface area (Å²) in [6, 6.07) is 11.3. The fraction of sp³-hybridized carbons (Fsp3) is 0.294. The van der Waals surface area contributed by atoms with Crippen molar-refractivity contribution >= 4 is 15.7 Å². The Balaban J connectivity index is 1.95. The molecule has 24 heavy (non-hydrogen) atoms. The molecule has 1 N–H and O–H groups in total. The monoisotopic (exact) mass is 346 g/mol. The van der Waals surface area contributed by atoms with E-state index in [0.717, 1.165) is 5.76 Å². The molecule has 2 aromatic rings. The number of carbonyl (C=O) groups excluding carboxylic acids is 1. The van der Waals surface area contributed by atoms with Crippen LogP contribution in [0.4, 0.5) is 0 Å². The minimum atomic E-state index is -3.60. The number of nitriles is 1. The zero-order valence-electron chi connectivity index (χ0n) is 13.4. The molecule has 0 aliphatic rings. The minimum absolute atomic E-state index is 0.250. The Morgan fingerprint density at radius 3 is 2.46 bits per heavy atom. The molecule has 6 nitrogen and oxygen atoms in total. The van der Waals surface area contributed by atoms with Crippen LogP contribution in [-0.2, 0) is 20.4 Å². The van der Waals surface area contributed by atoms with Gasteiger partial charge in [0.1, 0.15) is 17.3 Å². The molecule has 1 aromatic heterocycles. The third-order valence-electron chi connectivity index (χ3n) is 3.39. The third-order valence-corrected chi connectivity index (χ3v) is 4.86. The Hall–Kier alpha value is -2.59. The van der Waals surface area contributed by atoms with Crippen molar-refractivity contribution in [2.45, 2.75) is 25.6 Å². The van der Waals surface area contributed by atoms with Crippen LogP contribution in [0.25, 0.3) is 0 Å². The molecule has 1 heterocycles. The molecular formula is C17H18N2O4S. The van der Waals surface area contributed by atoms with Crippen LogP contribution in [0.5, 0.6) is 0 Å². The van der Waals surface area contributed by atoms with Gasteiger partial charge in [-0.2, -0.15) is 5.26 Å². The molecule has 126 valence electrons.